The second kappa shape index (κ2) is 11.0. The SMILES string of the molecule is CC[C@@H](C)N(CCNC(=O)c1ccc2nc(N3CCC(C)CC3)sc2c1)C1CCCCC1. The van der Waals surface area contributed by atoms with E-state index in [1.807, 2.05) is 18.2 Å². The van der Waals surface area contributed by atoms with Crippen molar-refractivity contribution in [2.45, 2.75) is 84.2 Å². The summed E-state index contributed by atoms with van der Waals surface area (Å²) in [7, 11) is 0. The molecular formula is C26H40N4OS. The number of rotatable bonds is 8. The van der Waals surface area contributed by atoms with Crippen molar-refractivity contribution in [3.63, 3.8) is 0 Å². The largest absolute Gasteiger partial charge is 0.351 e. The maximum absolute atomic E-state index is 12.9. The minimum atomic E-state index is 0.0291. The molecule has 1 aromatic heterocycles. The predicted octanol–water partition coefficient (Wildman–Crippen LogP) is 5.70. The van der Waals surface area contributed by atoms with Crippen LogP contribution in [0.25, 0.3) is 10.2 Å². The zero-order valence-electron chi connectivity index (χ0n) is 20.1. The summed E-state index contributed by atoms with van der Waals surface area (Å²) in [6.07, 6.45) is 10.3. The number of amides is 1. The van der Waals surface area contributed by atoms with E-state index in [-0.39, 0.29) is 5.91 Å². The molecule has 1 amide bonds. The zero-order valence-corrected chi connectivity index (χ0v) is 20.9. The second-order valence-electron chi connectivity index (χ2n) is 9.89. The summed E-state index contributed by atoms with van der Waals surface area (Å²) in [5, 5.41) is 4.28. The lowest BCUT2D eigenvalue weighted by Gasteiger charge is -2.38. The lowest BCUT2D eigenvalue weighted by Crippen LogP contribution is -2.46. The van der Waals surface area contributed by atoms with E-state index >= 15 is 0 Å². The molecule has 1 aromatic carbocycles. The quantitative estimate of drug-likeness (QED) is 0.554. The monoisotopic (exact) mass is 456 g/mol. The van der Waals surface area contributed by atoms with Crippen LogP contribution in [0.3, 0.4) is 0 Å². The fraction of sp³-hybridized carbons (Fsp3) is 0.692. The molecule has 1 aliphatic carbocycles. The number of carbonyl (C=O) groups excluding carboxylic acids is 1. The summed E-state index contributed by atoms with van der Waals surface area (Å²) in [6, 6.07) is 7.20. The van der Waals surface area contributed by atoms with Crippen molar-refractivity contribution in [2.75, 3.05) is 31.1 Å². The van der Waals surface area contributed by atoms with E-state index in [1.165, 1.54) is 44.9 Å². The van der Waals surface area contributed by atoms with Gasteiger partial charge in [-0.15, -0.1) is 0 Å². The van der Waals surface area contributed by atoms with Crippen LogP contribution >= 0.6 is 11.3 Å². The maximum Gasteiger partial charge on any atom is 0.251 e. The van der Waals surface area contributed by atoms with Gasteiger partial charge >= 0.3 is 0 Å². The van der Waals surface area contributed by atoms with Crippen LogP contribution in [0.2, 0.25) is 0 Å². The number of hydrogen-bond donors (Lipinski definition) is 1. The van der Waals surface area contributed by atoms with Gasteiger partial charge in [0, 0.05) is 43.8 Å². The Morgan fingerprint density at radius 1 is 1.22 bits per heavy atom. The molecule has 5 nitrogen and oxygen atoms in total. The summed E-state index contributed by atoms with van der Waals surface area (Å²) >= 11 is 1.72. The highest BCUT2D eigenvalue weighted by molar-refractivity contribution is 7.22. The van der Waals surface area contributed by atoms with Crippen LogP contribution < -0.4 is 10.2 Å². The number of anilines is 1. The van der Waals surface area contributed by atoms with Gasteiger partial charge in [-0.1, -0.05) is 44.4 Å². The van der Waals surface area contributed by atoms with Gasteiger partial charge in [0.15, 0.2) is 5.13 Å². The summed E-state index contributed by atoms with van der Waals surface area (Å²) in [6.45, 7) is 10.7. The van der Waals surface area contributed by atoms with E-state index in [9.17, 15) is 4.79 Å². The molecular weight excluding hydrogens is 416 g/mol. The van der Waals surface area contributed by atoms with Crippen LogP contribution in [0.15, 0.2) is 18.2 Å². The van der Waals surface area contributed by atoms with Crippen molar-refractivity contribution in [2.24, 2.45) is 5.92 Å². The number of hydrogen-bond acceptors (Lipinski definition) is 5. The van der Waals surface area contributed by atoms with Crippen LogP contribution in [-0.4, -0.2) is 54.1 Å². The Morgan fingerprint density at radius 3 is 2.69 bits per heavy atom. The third-order valence-electron chi connectivity index (χ3n) is 7.55. The third-order valence-corrected chi connectivity index (χ3v) is 8.63. The van der Waals surface area contributed by atoms with Crippen molar-refractivity contribution < 1.29 is 4.79 Å². The Hall–Kier alpha value is -1.66. The lowest BCUT2D eigenvalue weighted by atomic mass is 9.93. The highest BCUT2D eigenvalue weighted by atomic mass is 32.1. The third kappa shape index (κ3) is 5.63. The van der Waals surface area contributed by atoms with Crippen LogP contribution in [0, 0.1) is 5.92 Å². The molecule has 0 unspecified atom stereocenters. The number of piperidine rings is 1. The summed E-state index contributed by atoms with van der Waals surface area (Å²) in [5.41, 5.74) is 1.74. The first-order valence-electron chi connectivity index (χ1n) is 12.7. The number of nitrogens with zero attached hydrogens (tertiary/aromatic N) is 3. The molecule has 1 aliphatic heterocycles. The van der Waals surface area contributed by atoms with Gasteiger partial charge in [-0.3, -0.25) is 9.69 Å². The summed E-state index contributed by atoms with van der Waals surface area (Å²) in [5.74, 6) is 0.840. The standard InChI is InChI=1S/C26H40N4OS/c1-4-20(3)30(22-8-6-5-7-9-22)17-14-27-25(31)21-10-11-23-24(18-21)32-26(28-23)29-15-12-19(2)13-16-29/h10-11,18-20,22H,4-9,12-17H2,1-3H3,(H,27,31)/t20-/m1/s1. The van der Waals surface area contributed by atoms with Crippen molar-refractivity contribution in [3.05, 3.63) is 23.8 Å². The molecule has 0 radical (unpaired) electrons. The average Bonchev–Trinajstić information content (AvgIpc) is 3.25. The molecule has 176 valence electrons. The van der Waals surface area contributed by atoms with E-state index < -0.39 is 0 Å². The van der Waals surface area contributed by atoms with E-state index in [0.29, 0.717) is 18.6 Å². The van der Waals surface area contributed by atoms with Crippen LogP contribution in [0.5, 0.6) is 0 Å². The zero-order chi connectivity index (χ0) is 22.5. The minimum absolute atomic E-state index is 0.0291. The number of aromatic nitrogens is 1. The molecule has 1 saturated heterocycles. The Kier molecular flexibility index (Phi) is 8.06. The fourth-order valence-electron chi connectivity index (χ4n) is 5.20. The first kappa shape index (κ1) is 23.5. The van der Waals surface area contributed by atoms with Gasteiger partial charge in [0.25, 0.3) is 5.91 Å². The van der Waals surface area contributed by atoms with Gasteiger partial charge in [0.05, 0.1) is 10.2 Å². The van der Waals surface area contributed by atoms with Crippen LogP contribution in [-0.2, 0) is 0 Å². The first-order chi connectivity index (χ1) is 15.5. The number of benzene rings is 1. The molecule has 2 fully saturated rings. The Balaban J connectivity index is 1.35. The van der Waals surface area contributed by atoms with E-state index in [2.05, 4.69) is 35.9 Å². The minimum Gasteiger partial charge on any atom is -0.351 e. The molecule has 2 aromatic rings. The molecule has 2 aliphatic rings. The molecule has 6 heteroatoms. The van der Waals surface area contributed by atoms with Gasteiger partial charge in [0.1, 0.15) is 0 Å². The topological polar surface area (TPSA) is 48.5 Å². The predicted molar refractivity (Wildman–Crippen MR) is 136 cm³/mol. The Bertz CT molecular complexity index is 883. The van der Waals surface area contributed by atoms with Crippen molar-refractivity contribution in [1.82, 2.24) is 15.2 Å². The molecule has 1 saturated carbocycles. The van der Waals surface area contributed by atoms with E-state index in [0.717, 1.165) is 52.9 Å². The van der Waals surface area contributed by atoms with Gasteiger partial charge in [-0.25, -0.2) is 4.98 Å². The van der Waals surface area contributed by atoms with Crippen molar-refractivity contribution in [3.8, 4) is 0 Å². The van der Waals surface area contributed by atoms with Gasteiger partial charge in [-0.2, -0.15) is 0 Å². The van der Waals surface area contributed by atoms with Crippen LogP contribution in [0.4, 0.5) is 5.13 Å². The Morgan fingerprint density at radius 2 is 1.97 bits per heavy atom. The molecule has 0 bridgehead atoms. The summed E-state index contributed by atoms with van der Waals surface area (Å²) in [4.78, 5) is 22.7. The number of fused-ring (bicyclic) bond motifs is 1. The normalized spacial score (nSPS) is 19.6. The van der Waals surface area contributed by atoms with Gasteiger partial charge < -0.3 is 10.2 Å². The second-order valence-corrected chi connectivity index (χ2v) is 10.9. The molecule has 1 N–H and O–H groups in total. The van der Waals surface area contributed by atoms with Crippen LogP contribution in [0.1, 0.15) is 82.5 Å². The highest BCUT2D eigenvalue weighted by Crippen LogP contribution is 2.32. The molecule has 2 heterocycles. The molecule has 0 spiro atoms. The first-order valence-corrected chi connectivity index (χ1v) is 13.6. The van der Waals surface area contributed by atoms with Gasteiger partial charge in [-0.05, 0) is 63.1 Å². The van der Waals surface area contributed by atoms with Crippen molar-refractivity contribution in [1.29, 1.82) is 0 Å². The molecule has 32 heavy (non-hydrogen) atoms. The maximum atomic E-state index is 12.9. The average molecular weight is 457 g/mol. The lowest BCUT2D eigenvalue weighted by molar-refractivity contribution is 0.0903. The molecule has 4 rings (SSSR count). The number of nitrogens with one attached hydrogen (secondary N) is 1. The van der Waals surface area contributed by atoms with Crippen molar-refractivity contribution >= 4 is 32.6 Å². The summed E-state index contributed by atoms with van der Waals surface area (Å²) < 4.78 is 1.11. The molecule has 1 atom stereocenters. The highest BCUT2D eigenvalue weighted by Gasteiger charge is 2.24. The van der Waals surface area contributed by atoms with E-state index in [4.69, 9.17) is 4.98 Å². The van der Waals surface area contributed by atoms with E-state index in [1.54, 1.807) is 11.3 Å². The number of carbonyl (C=O) groups is 1. The smallest absolute Gasteiger partial charge is 0.251 e. The Labute approximate surface area is 197 Å². The fourth-order valence-corrected chi connectivity index (χ4v) is 6.26. The number of thiazole rings is 1. The van der Waals surface area contributed by atoms with Gasteiger partial charge in [0.2, 0.25) is 0 Å².